The van der Waals surface area contributed by atoms with E-state index >= 15 is 0 Å². The highest BCUT2D eigenvalue weighted by Crippen LogP contribution is 2.10. The van der Waals surface area contributed by atoms with Crippen LogP contribution in [0.3, 0.4) is 0 Å². The number of nitrogens with zero attached hydrogens (tertiary/aromatic N) is 3. The molecular weight excluding hydrogens is 266 g/mol. The number of nitriles is 1. The normalized spacial score (nSPS) is 9.48. The van der Waals surface area contributed by atoms with Crippen molar-refractivity contribution in [1.29, 1.82) is 5.26 Å². The summed E-state index contributed by atoms with van der Waals surface area (Å²) in [6.07, 6.45) is 1.70. The molecule has 6 heteroatoms. The Labute approximate surface area is 122 Å². The maximum atomic E-state index is 12.0. The van der Waals surface area contributed by atoms with E-state index in [-0.39, 0.29) is 11.6 Å². The van der Waals surface area contributed by atoms with Gasteiger partial charge in [0.2, 0.25) is 0 Å². The summed E-state index contributed by atoms with van der Waals surface area (Å²) in [6.45, 7) is 4.16. The Balaban J connectivity index is 2.02. The van der Waals surface area contributed by atoms with E-state index in [1.807, 2.05) is 6.07 Å². The summed E-state index contributed by atoms with van der Waals surface area (Å²) < 4.78 is 0. The van der Waals surface area contributed by atoms with Crippen LogP contribution < -0.4 is 10.6 Å². The minimum atomic E-state index is -0.359. The topological polar surface area (TPSA) is 90.7 Å². The molecular formula is C15H13N5O. The van der Waals surface area contributed by atoms with Crippen molar-refractivity contribution in [1.82, 2.24) is 10.2 Å². The second-order valence-corrected chi connectivity index (χ2v) is 4.12. The lowest BCUT2D eigenvalue weighted by Gasteiger charge is -2.05. The summed E-state index contributed by atoms with van der Waals surface area (Å²) in [6, 6.07) is 11.8. The van der Waals surface area contributed by atoms with E-state index in [0.717, 1.165) is 0 Å². The van der Waals surface area contributed by atoms with Gasteiger partial charge in [-0.15, -0.1) is 16.8 Å². The molecule has 0 bridgehead atoms. The fraction of sp³-hybridized carbons (Fsp3) is 0.0667. The van der Waals surface area contributed by atoms with Crippen molar-refractivity contribution < 1.29 is 4.79 Å². The fourth-order valence-corrected chi connectivity index (χ4v) is 1.55. The van der Waals surface area contributed by atoms with Gasteiger partial charge in [0.05, 0.1) is 11.6 Å². The van der Waals surface area contributed by atoms with Gasteiger partial charge in [-0.25, -0.2) is 0 Å². The van der Waals surface area contributed by atoms with Crippen molar-refractivity contribution in [2.75, 3.05) is 17.2 Å². The monoisotopic (exact) mass is 279 g/mol. The molecule has 6 nitrogen and oxygen atoms in total. The molecule has 0 radical (unpaired) electrons. The Bertz CT molecular complexity index is 671. The summed E-state index contributed by atoms with van der Waals surface area (Å²) in [5, 5.41) is 22.1. The minimum absolute atomic E-state index is 0.212. The number of carbonyl (C=O) groups excluding carboxylic acids is 1. The van der Waals surface area contributed by atoms with E-state index in [4.69, 9.17) is 5.26 Å². The number of benzene rings is 1. The molecule has 0 aliphatic rings. The van der Waals surface area contributed by atoms with E-state index in [0.29, 0.717) is 23.6 Å². The molecule has 1 amide bonds. The molecule has 0 saturated heterocycles. The predicted molar refractivity (Wildman–Crippen MR) is 79.8 cm³/mol. The molecule has 1 heterocycles. The molecule has 1 aromatic heterocycles. The Morgan fingerprint density at radius 2 is 2.00 bits per heavy atom. The third-order valence-corrected chi connectivity index (χ3v) is 2.60. The lowest BCUT2D eigenvalue weighted by molar-refractivity contribution is 0.102. The second kappa shape index (κ2) is 6.82. The molecule has 0 saturated carbocycles. The first kappa shape index (κ1) is 14.2. The van der Waals surface area contributed by atoms with Crippen molar-refractivity contribution in [2.45, 2.75) is 0 Å². The highest BCUT2D eigenvalue weighted by molar-refractivity contribution is 6.02. The molecule has 0 fully saturated rings. The number of hydrogen-bond donors (Lipinski definition) is 2. The minimum Gasteiger partial charge on any atom is -0.365 e. The molecule has 2 rings (SSSR count). The van der Waals surface area contributed by atoms with Crippen LogP contribution in [-0.4, -0.2) is 22.6 Å². The predicted octanol–water partition coefficient (Wildman–Crippen LogP) is 2.20. The lowest BCUT2D eigenvalue weighted by Crippen LogP contribution is -2.14. The molecule has 104 valence electrons. The first-order valence-electron chi connectivity index (χ1n) is 6.23. The van der Waals surface area contributed by atoms with Crippen LogP contribution in [-0.2, 0) is 0 Å². The van der Waals surface area contributed by atoms with Gasteiger partial charge in [-0.3, -0.25) is 4.79 Å². The molecule has 1 aromatic carbocycles. The van der Waals surface area contributed by atoms with E-state index in [2.05, 4.69) is 27.4 Å². The molecule has 0 aliphatic heterocycles. The van der Waals surface area contributed by atoms with Crippen molar-refractivity contribution in [3.63, 3.8) is 0 Å². The van der Waals surface area contributed by atoms with E-state index in [1.165, 1.54) is 0 Å². The summed E-state index contributed by atoms with van der Waals surface area (Å²) in [5.41, 5.74) is 1.34. The number of hydrogen-bond acceptors (Lipinski definition) is 5. The summed E-state index contributed by atoms with van der Waals surface area (Å²) >= 11 is 0. The average Bonchev–Trinajstić information content (AvgIpc) is 2.54. The van der Waals surface area contributed by atoms with Crippen LogP contribution in [0.2, 0.25) is 0 Å². The Kier molecular flexibility index (Phi) is 4.62. The molecule has 0 unspecified atom stereocenters. The molecule has 2 aromatic rings. The standard InChI is InChI=1S/C15H13N5O/c1-2-9-17-14-8-7-13(19-20-14)15(21)18-12-5-3-11(10-16)4-6-12/h2-8H,1,9H2,(H,17,20)(H,18,21). The van der Waals surface area contributed by atoms with Gasteiger partial charge in [-0.05, 0) is 36.4 Å². The third kappa shape index (κ3) is 3.88. The van der Waals surface area contributed by atoms with Crippen molar-refractivity contribution >= 4 is 17.4 Å². The zero-order valence-corrected chi connectivity index (χ0v) is 11.2. The van der Waals surface area contributed by atoms with Gasteiger partial charge in [-0.2, -0.15) is 5.26 Å². The lowest BCUT2D eigenvalue weighted by atomic mass is 10.2. The summed E-state index contributed by atoms with van der Waals surface area (Å²) in [7, 11) is 0. The van der Waals surface area contributed by atoms with Gasteiger partial charge in [0, 0.05) is 12.2 Å². The smallest absolute Gasteiger partial charge is 0.276 e. The number of carbonyl (C=O) groups is 1. The van der Waals surface area contributed by atoms with Crippen LogP contribution >= 0.6 is 0 Å². The van der Waals surface area contributed by atoms with Crippen LogP contribution in [0.5, 0.6) is 0 Å². The largest absolute Gasteiger partial charge is 0.365 e. The van der Waals surface area contributed by atoms with Crippen LogP contribution in [0.4, 0.5) is 11.5 Å². The van der Waals surface area contributed by atoms with Gasteiger partial charge in [0.25, 0.3) is 5.91 Å². The van der Waals surface area contributed by atoms with Crippen LogP contribution in [0.1, 0.15) is 16.1 Å². The maximum absolute atomic E-state index is 12.0. The van der Waals surface area contributed by atoms with Gasteiger partial charge in [0.1, 0.15) is 5.82 Å². The zero-order chi connectivity index (χ0) is 15.1. The van der Waals surface area contributed by atoms with Crippen molar-refractivity contribution in [3.8, 4) is 6.07 Å². The van der Waals surface area contributed by atoms with E-state index in [1.54, 1.807) is 42.5 Å². The second-order valence-electron chi connectivity index (χ2n) is 4.12. The van der Waals surface area contributed by atoms with Gasteiger partial charge in [-0.1, -0.05) is 6.08 Å². The quantitative estimate of drug-likeness (QED) is 0.819. The molecule has 21 heavy (non-hydrogen) atoms. The first-order valence-corrected chi connectivity index (χ1v) is 6.23. The van der Waals surface area contributed by atoms with Crippen molar-refractivity contribution in [3.05, 3.63) is 60.3 Å². The number of nitrogens with one attached hydrogen (secondary N) is 2. The third-order valence-electron chi connectivity index (χ3n) is 2.60. The fourth-order valence-electron chi connectivity index (χ4n) is 1.55. The van der Waals surface area contributed by atoms with Gasteiger partial charge in [0.15, 0.2) is 5.69 Å². The van der Waals surface area contributed by atoms with Crippen molar-refractivity contribution in [2.24, 2.45) is 0 Å². The van der Waals surface area contributed by atoms with Crippen LogP contribution in [0, 0.1) is 11.3 Å². The first-order chi connectivity index (χ1) is 10.2. The highest BCUT2D eigenvalue weighted by Gasteiger charge is 2.08. The van der Waals surface area contributed by atoms with Crippen LogP contribution in [0.15, 0.2) is 49.1 Å². The molecule has 0 atom stereocenters. The van der Waals surface area contributed by atoms with Gasteiger partial charge < -0.3 is 10.6 Å². The Morgan fingerprint density at radius 3 is 2.57 bits per heavy atom. The maximum Gasteiger partial charge on any atom is 0.276 e. The van der Waals surface area contributed by atoms with Gasteiger partial charge >= 0.3 is 0 Å². The van der Waals surface area contributed by atoms with E-state index < -0.39 is 0 Å². The Morgan fingerprint density at radius 1 is 1.24 bits per heavy atom. The number of anilines is 2. The summed E-state index contributed by atoms with van der Waals surface area (Å²) in [5.74, 6) is 0.215. The van der Waals surface area contributed by atoms with Crippen LogP contribution in [0.25, 0.3) is 0 Å². The Hall–Kier alpha value is -3.20. The number of aromatic nitrogens is 2. The summed E-state index contributed by atoms with van der Waals surface area (Å²) in [4.78, 5) is 12.0. The molecule has 0 aliphatic carbocycles. The number of amides is 1. The SMILES string of the molecule is C=CCNc1ccc(C(=O)Nc2ccc(C#N)cc2)nn1. The molecule has 2 N–H and O–H groups in total. The highest BCUT2D eigenvalue weighted by atomic mass is 16.1. The average molecular weight is 279 g/mol. The molecule has 0 spiro atoms. The number of rotatable bonds is 5. The zero-order valence-electron chi connectivity index (χ0n) is 11.2. The van der Waals surface area contributed by atoms with E-state index in [9.17, 15) is 4.79 Å².